The number of ether oxygens (including phenoxy) is 1. The molecule has 106 valence electrons. The summed E-state index contributed by atoms with van der Waals surface area (Å²) in [5.41, 5.74) is -0.163. The van der Waals surface area contributed by atoms with Crippen LogP contribution < -0.4 is 0 Å². The van der Waals surface area contributed by atoms with E-state index in [-0.39, 0.29) is 22.9 Å². The van der Waals surface area contributed by atoms with Crippen LogP contribution in [0.5, 0.6) is 0 Å². The lowest BCUT2D eigenvalue weighted by molar-refractivity contribution is -0.173. The molecule has 0 heterocycles. The molecule has 0 bridgehead atoms. The summed E-state index contributed by atoms with van der Waals surface area (Å²) in [6, 6.07) is 0. The Morgan fingerprint density at radius 1 is 1.17 bits per heavy atom. The van der Waals surface area contributed by atoms with Crippen molar-refractivity contribution in [2.45, 2.75) is 85.2 Å². The minimum absolute atomic E-state index is 0.00453. The maximum absolute atomic E-state index is 12.4. The van der Waals surface area contributed by atoms with Gasteiger partial charge in [0.25, 0.3) is 0 Å². The highest BCUT2D eigenvalue weighted by Gasteiger charge is 2.38. The summed E-state index contributed by atoms with van der Waals surface area (Å²) in [6.45, 7) is 10.6. The highest BCUT2D eigenvalue weighted by molar-refractivity contribution is 5.73. The molecule has 0 aromatic heterocycles. The van der Waals surface area contributed by atoms with Gasteiger partial charge in [-0.1, -0.05) is 41.0 Å². The van der Waals surface area contributed by atoms with E-state index in [4.69, 9.17) is 4.74 Å². The fraction of sp³-hybridized carbons (Fsp3) is 0.938. The molecule has 0 aromatic carbocycles. The van der Waals surface area contributed by atoms with Gasteiger partial charge in [0, 0.05) is 0 Å². The average molecular weight is 254 g/mol. The van der Waals surface area contributed by atoms with Crippen LogP contribution in [0.3, 0.4) is 0 Å². The Morgan fingerprint density at radius 2 is 1.72 bits per heavy atom. The van der Waals surface area contributed by atoms with Crippen molar-refractivity contribution >= 4 is 5.97 Å². The quantitative estimate of drug-likeness (QED) is 0.679. The van der Waals surface area contributed by atoms with E-state index in [1.54, 1.807) is 0 Å². The van der Waals surface area contributed by atoms with Gasteiger partial charge in [0.05, 0.1) is 5.92 Å². The second-order valence-corrected chi connectivity index (χ2v) is 6.85. The molecule has 1 unspecified atom stereocenters. The van der Waals surface area contributed by atoms with E-state index >= 15 is 0 Å². The second-order valence-electron chi connectivity index (χ2n) is 6.85. The average Bonchev–Trinajstić information content (AvgIpc) is 2.29. The van der Waals surface area contributed by atoms with E-state index in [1.165, 1.54) is 19.3 Å². The Morgan fingerprint density at radius 3 is 2.11 bits per heavy atom. The molecule has 1 saturated carbocycles. The topological polar surface area (TPSA) is 26.3 Å². The molecule has 1 aliphatic rings. The van der Waals surface area contributed by atoms with Crippen LogP contribution in [-0.4, -0.2) is 11.6 Å². The van der Waals surface area contributed by atoms with Crippen LogP contribution in [0.25, 0.3) is 0 Å². The lowest BCUT2D eigenvalue weighted by Gasteiger charge is -2.39. The van der Waals surface area contributed by atoms with Crippen molar-refractivity contribution in [3.63, 3.8) is 0 Å². The number of carbonyl (C=O) groups excluding carboxylic acids is 1. The molecule has 1 aliphatic carbocycles. The minimum Gasteiger partial charge on any atom is -0.459 e. The molecule has 0 aliphatic heterocycles. The molecule has 1 fully saturated rings. The van der Waals surface area contributed by atoms with Crippen molar-refractivity contribution in [1.29, 1.82) is 0 Å². The Hall–Kier alpha value is -0.530. The molecule has 0 N–H and O–H groups in total. The Balaban J connectivity index is 2.72. The van der Waals surface area contributed by atoms with E-state index in [1.807, 2.05) is 0 Å². The van der Waals surface area contributed by atoms with Gasteiger partial charge in [0.1, 0.15) is 5.60 Å². The molecule has 0 radical (unpaired) electrons. The first-order chi connectivity index (χ1) is 8.34. The fourth-order valence-corrected chi connectivity index (χ4v) is 3.14. The number of esters is 1. The lowest BCUT2D eigenvalue weighted by atomic mass is 9.78. The van der Waals surface area contributed by atoms with Gasteiger partial charge in [-0.2, -0.15) is 0 Å². The third-order valence-electron chi connectivity index (χ3n) is 4.46. The number of rotatable bonds is 4. The first kappa shape index (κ1) is 15.5. The van der Waals surface area contributed by atoms with Crippen LogP contribution in [-0.2, 0) is 9.53 Å². The van der Waals surface area contributed by atoms with E-state index < -0.39 is 0 Å². The van der Waals surface area contributed by atoms with E-state index in [2.05, 4.69) is 34.6 Å². The third kappa shape index (κ3) is 3.73. The first-order valence-corrected chi connectivity index (χ1v) is 7.57. The van der Waals surface area contributed by atoms with E-state index in [0.717, 1.165) is 25.7 Å². The SMILES string of the molecule is CCC(C(=O)OC1(CC)CCCCC1)C(C)(C)C. The van der Waals surface area contributed by atoms with Crippen LogP contribution in [0.4, 0.5) is 0 Å². The minimum atomic E-state index is -0.159. The van der Waals surface area contributed by atoms with Crippen LogP contribution in [0.1, 0.15) is 79.6 Å². The predicted octanol–water partition coefficient (Wildman–Crippen LogP) is 4.71. The number of carbonyl (C=O) groups is 1. The van der Waals surface area contributed by atoms with Gasteiger partial charge in [-0.3, -0.25) is 4.79 Å². The van der Waals surface area contributed by atoms with Crippen molar-refractivity contribution < 1.29 is 9.53 Å². The van der Waals surface area contributed by atoms with Gasteiger partial charge in [0.2, 0.25) is 0 Å². The largest absolute Gasteiger partial charge is 0.459 e. The molecular formula is C16H30O2. The molecule has 0 aromatic rings. The van der Waals surface area contributed by atoms with Crippen molar-refractivity contribution in [2.75, 3.05) is 0 Å². The molecule has 0 saturated heterocycles. The standard InChI is InChI=1S/C16H30O2/c1-6-13(15(3,4)5)14(17)18-16(7-2)11-9-8-10-12-16/h13H,6-12H2,1-5H3. The Kier molecular flexibility index (Phi) is 5.24. The van der Waals surface area contributed by atoms with Crippen LogP contribution in [0.2, 0.25) is 0 Å². The smallest absolute Gasteiger partial charge is 0.310 e. The molecule has 18 heavy (non-hydrogen) atoms. The summed E-state index contributed by atoms with van der Waals surface area (Å²) in [7, 11) is 0. The summed E-state index contributed by atoms with van der Waals surface area (Å²) in [4.78, 5) is 12.4. The van der Waals surface area contributed by atoms with Crippen LogP contribution in [0, 0.1) is 11.3 Å². The van der Waals surface area contributed by atoms with E-state index in [9.17, 15) is 4.79 Å². The predicted molar refractivity (Wildman–Crippen MR) is 75.4 cm³/mol. The van der Waals surface area contributed by atoms with Crippen molar-refractivity contribution in [2.24, 2.45) is 11.3 Å². The molecule has 1 rings (SSSR count). The molecule has 2 heteroatoms. The summed E-state index contributed by atoms with van der Waals surface area (Å²) >= 11 is 0. The van der Waals surface area contributed by atoms with Crippen molar-refractivity contribution in [3.8, 4) is 0 Å². The molecule has 2 nitrogen and oxygen atoms in total. The summed E-state index contributed by atoms with van der Waals surface area (Å²) in [6.07, 6.45) is 7.61. The highest BCUT2D eigenvalue weighted by Crippen LogP contribution is 2.37. The van der Waals surface area contributed by atoms with Crippen molar-refractivity contribution in [1.82, 2.24) is 0 Å². The Bertz CT molecular complexity index is 269. The maximum atomic E-state index is 12.4. The summed E-state index contributed by atoms with van der Waals surface area (Å²) < 4.78 is 5.97. The van der Waals surface area contributed by atoms with Gasteiger partial charge in [-0.05, 0) is 43.9 Å². The van der Waals surface area contributed by atoms with Gasteiger partial charge in [-0.25, -0.2) is 0 Å². The molecule has 0 amide bonds. The van der Waals surface area contributed by atoms with Gasteiger partial charge >= 0.3 is 5.97 Å². The monoisotopic (exact) mass is 254 g/mol. The van der Waals surface area contributed by atoms with E-state index in [0.29, 0.717) is 0 Å². The van der Waals surface area contributed by atoms with Crippen LogP contribution in [0.15, 0.2) is 0 Å². The zero-order valence-electron chi connectivity index (χ0n) is 12.8. The number of hydrogen-bond acceptors (Lipinski definition) is 2. The first-order valence-electron chi connectivity index (χ1n) is 7.57. The maximum Gasteiger partial charge on any atom is 0.310 e. The van der Waals surface area contributed by atoms with Gasteiger partial charge in [-0.15, -0.1) is 0 Å². The second kappa shape index (κ2) is 6.08. The lowest BCUT2D eigenvalue weighted by Crippen LogP contribution is -2.41. The zero-order valence-corrected chi connectivity index (χ0v) is 12.8. The zero-order chi connectivity index (χ0) is 13.8. The van der Waals surface area contributed by atoms with Gasteiger partial charge in [0.15, 0.2) is 0 Å². The highest BCUT2D eigenvalue weighted by atomic mass is 16.6. The normalized spacial score (nSPS) is 21.4. The van der Waals surface area contributed by atoms with Crippen molar-refractivity contribution in [3.05, 3.63) is 0 Å². The molecule has 1 atom stereocenters. The van der Waals surface area contributed by atoms with Crippen LogP contribution >= 0.6 is 0 Å². The van der Waals surface area contributed by atoms with Gasteiger partial charge < -0.3 is 4.74 Å². The number of hydrogen-bond donors (Lipinski definition) is 0. The fourth-order valence-electron chi connectivity index (χ4n) is 3.14. The Labute approximate surface area is 112 Å². The third-order valence-corrected chi connectivity index (χ3v) is 4.46. The summed E-state index contributed by atoms with van der Waals surface area (Å²) in [5.74, 6) is 0.0385. The summed E-state index contributed by atoms with van der Waals surface area (Å²) in [5, 5.41) is 0. The molecular weight excluding hydrogens is 224 g/mol. The molecule has 0 spiro atoms.